The van der Waals surface area contributed by atoms with Crippen LogP contribution in [0.4, 0.5) is 5.69 Å². The maximum absolute atomic E-state index is 12.2. The van der Waals surface area contributed by atoms with Crippen LogP contribution in [-0.2, 0) is 14.3 Å². The fourth-order valence-electron chi connectivity index (χ4n) is 2.21. The number of anilines is 1. The molecule has 6 nitrogen and oxygen atoms in total. The zero-order valence-corrected chi connectivity index (χ0v) is 15.4. The second-order valence-electron chi connectivity index (χ2n) is 5.45. The Labute approximate surface area is 148 Å². The lowest BCUT2D eigenvalue weighted by atomic mass is 10.2. The molecular formula is C17H25ClN2O4. The van der Waals surface area contributed by atoms with Gasteiger partial charge >= 0.3 is 0 Å². The van der Waals surface area contributed by atoms with Crippen molar-refractivity contribution in [1.82, 2.24) is 4.90 Å². The van der Waals surface area contributed by atoms with Gasteiger partial charge in [0.15, 0.2) is 0 Å². The predicted octanol–water partition coefficient (Wildman–Crippen LogP) is 2.87. The zero-order valence-electron chi connectivity index (χ0n) is 14.6. The second-order valence-corrected chi connectivity index (χ2v) is 5.86. The van der Waals surface area contributed by atoms with Gasteiger partial charge in [0.1, 0.15) is 5.75 Å². The number of methoxy groups -OCH3 is 2. The van der Waals surface area contributed by atoms with Crippen molar-refractivity contribution in [2.75, 3.05) is 39.2 Å². The molecule has 0 unspecified atom stereocenters. The number of hydrogen-bond donors (Lipinski definition) is 1. The average Bonchev–Trinajstić information content (AvgIpc) is 2.53. The molecule has 0 saturated carbocycles. The summed E-state index contributed by atoms with van der Waals surface area (Å²) < 4.78 is 10.2. The number of halogens is 1. The molecular weight excluding hydrogens is 332 g/mol. The van der Waals surface area contributed by atoms with E-state index in [4.69, 9.17) is 21.1 Å². The van der Waals surface area contributed by atoms with E-state index in [1.165, 1.54) is 14.0 Å². The number of ether oxygens (including phenoxy) is 2. The summed E-state index contributed by atoms with van der Waals surface area (Å²) in [6, 6.07) is 3.43. The molecule has 0 aromatic heterocycles. The summed E-state index contributed by atoms with van der Waals surface area (Å²) in [7, 11) is 3.14. The zero-order chi connectivity index (χ0) is 18.1. The standard InChI is InChI=1S/C17H25ClN2O4/c1-12-10-15(16(24-4)11-14(12)18)19-17(22)6-8-20(13(2)21)7-5-9-23-3/h10-11H,5-9H2,1-4H3,(H,19,22). The van der Waals surface area contributed by atoms with Crippen molar-refractivity contribution in [3.63, 3.8) is 0 Å². The lowest BCUT2D eigenvalue weighted by molar-refractivity contribution is -0.129. The van der Waals surface area contributed by atoms with Crippen molar-refractivity contribution in [2.24, 2.45) is 0 Å². The van der Waals surface area contributed by atoms with E-state index in [0.29, 0.717) is 36.2 Å². The molecule has 0 bridgehead atoms. The van der Waals surface area contributed by atoms with Gasteiger partial charge in [-0.05, 0) is 25.0 Å². The van der Waals surface area contributed by atoms with Gasteiger partial charge in [-0.1, -0.05) is 11.6 Å². The number of amides is 2. The van der Waals surface area contributed by atoms with Crippen LogP contribution in [-0.4, -0.2) is 50.6 Å². The number of rotatable bonds is 9. The molecule has 24 heavy (non-hydrogen) atoms. The van der Waals surface area contributed by atoms with Crippen LogP contribution in [0.1, 0.15) is 25.3 Å². The van der Waals surface area contributed by atoms with Crippen molar-refractivity contribution in [2.45, 2.75) is 26.7 Å². The molecule has 7 heteroatoms. The molecule has 0 aliphatic rings. The lowest BCUT2D eigenvalue weighted by Crippen LogP contribution is -2.33. The molecule has 0 heterocycles. The lowest BCUT2D eigenvalue weighted by Gasteiger charge is -2.20. The van der Waals surface area contributed by atoms with Crippen LogP contribution in [0.5, 0.6) is 5.75 Å². The minimum Gasteiger partial charge on any atom is -0.495 e. The van der Waals surface area contributed by atoms with Crippen LogP contribution >= 0.6 is 11.6 Å². The van der Waals surface area contributed by atoms with E-state index in [2.05, 4.69) is 5.32 Å². The Kier molecular flexibility index (Phi) is 8.57. The summed E-state index contributed by atoms with van der Waals surface area (Å²) in [5, 5.41) is 3.38. The summed E-state index contributed by atoms with van der Waals surface area (Å²) in [4.78, 5) is 25.4. The molecule has 0 radical (unpaired) electrons. The predicted molar refractivity (Wildman–Crippen MR) is 94.7 cm³/mol. The summed E-state index contributed by atoms with van der Waals surface area (Å²) >= 11 is 6.05. The fraction of sp³-hybridized carbons (Fsp3) is 0.529. The Morgan fingerprint density at radius 2 is 1.96 bits per heavy atom. The van der Waals surface area contributed by atoms with E-state index in [9.17, 15) is 9.59 Å². The van der Waals surface area contributed by atoms with E-state index in [0.717, 1.165) is 12.0 Å². The van der Waals surface area contributed by atoms with E-state index in [-0.39, 0.29) is 18.2 Å². The van der Waals surface area contributed by atoms with Crippen LogP contribution in [0.3, 0.4) is 0 Å². The summed E-state index contributed by atoms with van der Waals surface area (Å²) in [6.45, 7) is 4.86. The van der Waals surface area contributed by atoms with Crippen LogP contribution in [0.25, 0.3) is 0 Å². The van der Waals surface area contributed by atoms with Gasteiger partial charge in [0.25, 0.3) is 0 Å². The Bertz CT molecular complexity index is 578. The minimum absolute atomic E-state index is 0.0566. The summed E-state index contributed by atoms with van der Waals surface area (Å²) in [5.41, 5.74) is 1.41. The highest BCUT2D eigenvalue weighted by Crippen LogP contribution is 2.30. The van der Waals surface area contributed by atoms with Crippen LogP contribution in [0.2, 0.25) is 5.02 Å². The molecule has 1 aromatic rings. The van der Waals surface area contributed by atoms with Crippen LogP contribution in [0, 0.1) is 6.92 Å². The van der Waals surface area contributed by atoms with E-state index < -0.39 is 0 Å². The van der Waals surface area contributed by atoms with Gasteiger partial charge in [-0.15, -0.1) is 0 Å². The molecule has 134 valence electrons. The number of hydrogen-bond acceptors (Lipinski definition) is 4. The average molecular weight is 357 g/mol. The maximum Gasteiger partial charge on any atom is 0.226 e. The van der Waals surface area contributed by atoms with Gasteiger partial charge in [0.05, 0.1) is 12.8 Å². The van der Waals surface area contributed by atoms with Crippen LogP contribution < -0.4 is 10.1 Å². The molecule has 1 N–H and O–H groups in total. The normalized spacial score (nSPS) is 10.4. The van der Waals surface area contributed by atoms with E-state index >= 15 is 0 Å². The molecule has 1 rings (SSSR count). The number of carbonyl (C=O) groups excluding carboxylic acids is 2. The number of nitrogens with one attached hydrogen (secondary N) is 1. The van der Waals surface area contributed by atoms with Gasteiger partial charge in [-0.2, -0.15) is 0 Å². The first-order valence-electron chi connectivity index (χ1n) is 7.77. The SMILES string of the molecule is COCCCN(CCC(=O)Nc1cc(C)c(Cl)cc1OC)C(C)=O. The monoisotopic (exact) mass is 356 g/mol. The number of benzene rings is 1. The van der Waals surface area contributed by atoms with E-state index in [1.54, 1.807) is 24.1 Å². The summed E-state index contributed by atoms with van der Waals surface area (Å²) in [6.07, 6.45) is 0.944. The van der Waals surface area contributed by atoms with E-state index in [1.807, 2.05) is 6.92 Å². The fourth-order valence-corrected chi connectivity index (χ4v) is 2.36. The topological polar surface area (TPSA) is 67.9 Å². The molecule has 0 fully saturated rings. The Hall–Kier alpha value is -1.79. The molecule has 0 atom stereocenters. The molecule has 2 amide bonds. The minimum atomic E-state index is -0.187. The van der Waals surface area contributed by atoms with Crippen molar-refractivity contribution in [3.8, 4) is 5.75 Å². The Morgan fingerprint density at radius 1 is 1.25 bits per heavy atom. The van der Waals surface area contributed by atoms with Crippen molar-refractivity contribution < 1.29 is 19.1 Å². The smallest absolute Gasteiger partial charge is 0.226 e. The Morgan fingerprint density at radius 3 is 2.54 bits per heavy atom. The third-order valence-electron chi connectivity index (χ3n) is 3.59. The van der Waals surface area contributed by atoms with Gasteiger partial charge in [0.2, 0.25) is 11.8 Å². The molecule has 1 aromatic carbocycles. The molecule has 0 aliphatic carbocycles. The largest absolute Gasteiger partial charge is 0.495 e. The molecule has 0 saturated heterocycles. The first-order chi connectivity index (χ1) is 11.4. The number of nitrogens with zero attached hydrogens (tertiary/aromatic N) is 1. The van der Waals surface area contributed by atoms with Gasteiger partial charge < -0.3 is 19.7 Å². The highest BCUT2D eigenvalue weighted by Gasteiger charge is 2.13. The maximum atomic E-state index is 12.2. The van der Waals surface area contributed by atoms with Gasteiger partial charge in [0, 0.05) is 51.2 Å². The van der Waals surface area contributed by atoms with Gasteiger partial charge in [-0.25, -0.2) is 0 Å². The number of aryl methyl sites for hydroxylation is 1. The first-order valence-corrected chi connectivity index (χ1v) is 8.15. The Balaban J connectivity index is 2.62. The van der Waals surface area contributed by atoms with Crippen molar-refractivity contribution in [3.05, 3.63) is 22.7 Å². The first kappa shape index (κ1) is 20.3. The second kappa shape index (κ2) is 10.2. The quantitative estimate of drug-likeness (QED) is 0.691. The number of carbonyl (C=O) groups is 2. The third-order valence-corrected chi connectivity index (χ3v) is 3.99. The van der Waals surface area contributed by atoms with Crippen molar-refractivity contribution in [1.29, 1.82) is 0 Å². The van der Waals surface area contributed by atoms with Crippen LogP contribution in [0.15, 0.2) is 12.1 Å². The summed E-state index contributed by atoms with van der Waals surface area (Å²) in [5.74, 6) is 0.259. The highest BCUT2D eigenvalue weighted by atomic mass is 35.5. The van der Waals surface area contributed by atoms with Gasteiger partial charge in [-0.3, -0.25) is 9.59 Å². The van der Waals surface area contributed by atoms with Crippen molar-refractivity contribution >= 4 is 29.1 Å². The third kappa shape index (κ3) is 6.37. The molecule has 0 aliphatic heterocycles. The molecule has 0 spiro atoms. The highest BCUT2D eigenvalue weighted by molar-refractivity contribution is 6.31.